The first-order chi connectivity index (χ1) is 24.1. The van der Waals surface area contributed by atoms with Crippen LogP contribution in [0.3, 0.4) is 0 Å². The van der Waals surface area contributed by atoms with E-state index in [2.05, 4.69) is 0 Å². The van der Waals surface area contributed by atoms with Crippen LogP contribution < -0.4 is 4.18 Å². The highest BCUT2D eigenvalue weighted by atomic mass is 32.8. The van der Waals surface area contributed by atoms with E-state index in [-0.39, 0.29) is 6.61 Å². The van der Waals surface area contributed by atoms with Gasteiger partial charge in [0, 0.05) is 5.56 Å². The van der Waals surface area contributed by atoms with Crippen molar-refractivity contribution in [3.05, 3.63) is 173 Å². The second kappa shape index (κ2) is 18.2. The number of hydrogen-bond acceptors (Lipinski definition) is 9. The van der Waals surface area contributed by atoms with Crippen LogP contribution in [-0.2, 0) is 75.1 Å². The number of hydrogen-bond donors (Lipinski definition) is 0. The zero-order chi connectivity index (χ0) is 33.7. The molecule has 0 bridgehead atoms. The molecule has 0 radical (unpaired) electrons. The molecule has 0 aliphatic carbocycles. The molecule has 0 unspecified atom stereocenters. The molecule has 0 saturated carbocycles. The topological polar surface area (TPSA) is 72.5 Å². The van der Waals surface area contributed by atoms with Crippen molar-refractivity contribution in [2.24, 2.45) is 0 Å². The summed E-state index contributed by atoms with van der Waals surface area (Å²) in [7, 11) is -1.97. The molecule has 1 aliphatic rings. The van der Waals surface area contributed by atoms with Crippen LogP contribution in [-0.4, -0.2) is 31.0 Å². The summed E-state index contributed by atoms with van der Waals surface area (Å²) in [5, 5.41) is 0. The lowest BCUT2D eigenvalue weighted by atomic mass is 9.90. The molecule has 6 rings (SSSR count). The lowest BCUT2D eigenvalue weighted by molar-refractivity contribution is -0.275. The van der Waals surface area contributed by atoms with Crippen molar-refractivity contribution < 1.29 is 32.1 Å². The minimum atomic E-state index is -1.97. The van der Waals surface area contributed by atoms with E-state index in [4.69, 9.17) is 39.1 Å². The van der Waals surface area contributed by atoms with Gasteiger partial charge in [-0.3, -0.25) is 0 Å². The molecule has 9 heteroatoms. The summed E-state index contributed by atoms with van der Waals surface area (Å²) < 4.78 is 51.4. The standard InChI is InChI=1S/C40H39O7S2/c41-49(48)47-35-24-14-13-23-34(35)37-39(44-27-32-19-9-3-10-20-32)40(45-28-33-21-11-4-12-22-33)38(43-26-31-17-7-2-8-18-31)36(46-37)29-42-25-30-15-5-1-6-16-30/h1-24,36-40H,25-29H2/q-1/t36-,37+,38-,39+,40+/m1/s1. The Morgan fingerprint density at radius 1 is 0.531 bits per heavy atom. The van der Waals surface area contributed by atoms with Crippen LogP contribution in [0, 0.1) is 0 Å². The highest BCUT2D eigenvalue weighted by Crippen LogP contribution is 2.41. The second-order valence-electron chi connectivity index (χ2n) is 11.7. The Kier molecular flexibility index (Phi) is 12.9. The Morgan fingerprint density at radius 3 is 1.47 bits per heavy atom. The summed E-state index contributed by atoms with van der Waals surface area (Å²) in [4.78, 5) is 0. The van der Waals surface area contributed by atoms with E-state index >= 15 is 0 Å². The summed E-state index contributed by atoms with van der Waals surface area (Å²) in [6.45, 7) is 1.57. The zero-order valence-electron chi connectivity index (χ0n) is 27.0. The number of para-hydroxylation sites is 1. The van der Waals surface area contributed by atoms with Gasteiger partial charge >= 0.3 is 0 Å². The molecule has 1 heterocycles. The van der Waals surface area contributed by atoms with Crippen molar-refractivity contribution in [1.29, 1.82) is 0 Å². The van der Waals surface area contributed by atoms with Gasteiger partial charge in [-0.2, -0.15) is 11.2 Å². The van der Waals surface area contributed by atoms with Crippen LogP contribution in [0.25, 0.3) is 0 Å². The highest BCUT2D eigenvalue weighted by Gasteiger charge is 2.49. The molecule has 0 spiro atoms. The molecule has 1 aliphatic heterocycles. The van der Waals surface area contributed by atoms with Crippen LogP contribution in [0.15, 0.2) is 146 Å². The Morgan fingerprint density at radius 2 is 0.959 bits per heavy atom. The average Bonchev–Trinajstić information content (AvgIpc) is 3.14. The largest absolute Gasteiger partial charge is 0.551 e. The van der Waals surface area contributed by atoms with Crippen molar-refractivity contribution in [3.8, 4) is 5.75 Å². The molecule has 5 aromatic carbocycles. The molecular weight excluding hydrogens is 657 g/mol. The van der Waals surface area contributed by atoms with Crippen molar-refractivity contribution in [1.82, 2.24) is 0 Å². The van der Waals surface area contributed by atoms with Gasteiger partial charge < -0.3 is 32.1 Å². The Labute approximate surface area is 294 Å². The molecule has 0 amide bonds. The van der Waals surface area contributed by atoms with Crippen LogP contribution in [0.4, 0.5) is 0 Å². The van der Waals surface area contributed by atoms with Crippen molar-refractivity contribution in [2.45, 2.75) is 56.9 Å². The van der Waals surface area contributed by atoms with Crippen molar-refractivity contribution >= 4 is 20.8 Å². The summed E-state index contributed by atoms with van der Waals surface area (Å²) >= 11 is 4.93. The van der Waals surface area contributed by atoms with Crippen LogP contribution in [0.2, 0.25) is 0 Å². The van der Waals surface area contributed by atoms with Gasteiger partial charge in [0.25, 0.3) is 0 Å². The number of ether oxygens (including phenoxy) is 5. The van der Waals surface area contributed by atoms with E-state index in [1.807, 2.05) is 133 Å². The Bertz CT molecular complexity index is 1760. The fraction of sp³-hybridized carbons (Fsp3) is 0.250. The maximum absolute atomic E-state index is 12.1. The van der Waals surface area contributed by atoms with E-state index in [1.165, 1.54) is 0 Å². The smallest absolute Gasteiger partial charge is 0.117 e. The van der Waals surface area contributed by atoms with Gasteiger partial charge in [-0.1, -0.05) is 140 Å². The van der Waals surface area contributed by atoms with Gasteiger partial charge in [-0.25, -0.2) is 0 Å². The minimum absolute atomic E-state index is 0.220. The average molecular weight is 696 g/mol. The van der Waals surface area contributed by atoms with E-state index in [1.54, 1.807) is 12.1 Å². The lowest BCUT2D eigenvalue weighted by Gasteiger charge is -2.46. The minimum Gasteiger partial charge on any atom is -0.551 e. The SMILES string of the molecule is O=[S-](=S)Oc1ccccc1[C@@H]1O[C@H](COCc2ccccc2)[C@@H](OCc2ccccc2)[C@H](OCc2ccccc2)[C@H]1OCc1ccccc1. The fourth-order valence-electron chi connectivity index (χ4n) is 5.90. The monoisotopic (exact) mass is 695 g/mol. The third-order valence-electron chi connectivity index (χ3n) is 8.27. The lowest BCUT2D eigenvalue weighted by Crippen LogP contribution is -2.58. The third kappa shape index (κ3) is 10.1. The van der Waals surface area contributed by atoms with Crippen molar-refractivity contribution in [2.75, 3.05) is 6.61 Å². The van der Waals surface area contributed by atoms with Gasteiger partial charge in [0.05, 0.1) is 33.0 Å². The first kappa shape index (κ1) is 34.9. The van der Waals surface area contributed by atoms with Crippen LogP contribution >= 0.6 is 0 Å². The van der Waals surface area contributed by atoms with Crippen LogP contribution in [0.1, 0.15) is 33.9 Å². The predicted molar refractivity (Wildman–Crippen MR) is 191 cm³/mol. The maximum Gasteiger partial charge on any atom is 0.117 e. The van der Waals surface area contributed by atoms with Crippen LogP contribution in [0.5, 0.6) is 5.75 Å². The first-order valence-electron chi connectivity index (χ1n) is 16.2. The molecule has 7 nitrogen and oxygen atoms in total. The van der Waals surface area contributed by atoms with Gasteiger partial charge in [0.2, 0.25) is 0 Å². The molecule has 1 fully saturated rings. The number of rotatable bonds is 16. The second-order valence-corrected chi connectivity index (χ2v) is 13.1. The molecular formula is C40H39O7S2-. The molecule has 5 atom stereocenters. The highest BCUT2D eigenvalue weighted by molar-refractivity contribution is 8.19. The molecule has 49 heavy (non-hydrogen) atoms. The molecule has 0 N–H and O–H groups in total. The predicted octanol–water partition coefficient (Wildman–Crippen LogP) is 7.82. The third-order valence-corrected chi connectivity index (χ3v) is 8.79. The normalized spacial score (nSPS) is 20.6. The summed E-state index contributed by atoms with van der Waals surface area (Å²) in [5.41, 5.74) is 4.71. The van der Waals surface area contributed by atoms with E-state index < -0.39 is 40.2 Å². The quantitative estimate of drug-likeness (QED) is 0.0969. The maximum atomic E-state index is 12.1. The molecule has 1 saturated heterocycles. The number of benzene rings is 5. The summed E-state index contributed by atoms with van der Waals surface area (Å²) in [6.07, 6.45) is -3.15. The molecule has 254 valence electrons. The zero-order valence-corrected chi connectivity index (χ0v) is 28.6. The van der Waals surface area contributed by atoms with E-state index in [0.29, 0.717) is 37.7 Å². The summed E-state index contributed by atoms with van der Waals surface area (Å²) in [5.74, 6) is 0.351. The van der Waals surface area contributed by atoms with Gasteiger partial charge in [0.15, 0.2) is 0 Å². The van der Waals surface area contributed by atoms with Gasteiger partial charge in [-0.15, -0.1) is 0 Å². The Balaban J connectivity index is 1.38. The summed E-state index contributed by atoms with van der Waals surface area (Å²) in [6, 6.07) is 47.3. The van der Waals surface area contributed by atoms with Gasteiger partial charge in [-0.05, 0) is 38.0 Å². The van der Waals surface area contributed by atoms with Crippen molar-refractivity contribution in [3.63, 3.8) is 0 Å². The van der Waals surface area contributed by atoms with E-state index in [0.717, 1.165) is 22.3 Å². The fourth-order valence-corrected chi connectivity index (χ4v) is 6.42. The molecule has 0 aromatic heterocycles. The first-order valence-corrected chi connectivity index (χ1v) is 18.2. The van der Waals surface area contributed by atoms with Gasteiger partial charge in [0.1, 0.15) is 36.3 Å². The van der Waals surface area contributed by atoms with E-state index in [9.17, 15) is 4.21 Å². The Hall–Kier alpha value is -3.93. The molecule has 5 aromatic rings.